The van der Waals surface area contributed by atoms with Gasteiger partial charge in [0, 0.05) is 12.1 Å². The van der Waals surface area contributed by atoms with Crippen molar-refractivity contribution in [2.45, 2.75) is 38.8 Å². The van der Waals surface area contributed by atoms with Gasteiger partial charge in [-0.3, -0.25) is 4.57 Å². The van der Waals surface area contributed by atoms with Crippen molar-refractivity contribution in [2.75, 3.05) is 5.32 Å². The third-order valence-corrected chi connectivity index (χ3v) is 5.45. The van der Waals surface area contributed by atoms with Crippen molar-refractivity contribution < 1.29 is 5.11 Å². The Hall–Kier alpha value is -3.25. The summed E-state index contributed by atoms with van der Waals surface area (Å²) < 4.78 is 1.87. The molecule has 0 bridgehead atoms. The Balaban J connectivity index is 1.61. The van der Waals surface area contributed by atoms with Gasteiger partial charge in [-0.15, -0.1) is 0 Å². The number of hydrogen-bond donors (Lipinski definition) is 2. The second-order valence-electron chi connectivity index (χ2n) is 7.35. The summed E-state index contributed by atoms with van der Waals surface area (Å²) in [5, 5.41) is 13.4. The lowest BCUT2D eigenvalue weighted by Crippen LogP contribution is -2.16. The second kappa shape index (κ2) is 7.64. The van der Waals surface area contributed by atoms with Crippen LogP contribution in [0, 0.1) is 0 Å². The van der Waals surface area contributed by atoms with Gasteiger partial charge in [0.05, 0.1) is 16.7 Å². The molecule has 0 atom stereocenters. The molecule has 5 rings (SSSR count). The fourth-order valence-electron chi connectivity index (χ4n) is 4.01. The summed E-state index contributed by atoms with van der Waals surface area (Å²) >= 11 is 0. The summed E-state index contributed by atoms with van der Waals surface area (Å²) in [6.45, 7) is 0.545. The van der Waals surface area contributed by atoms with Crippen molar-refractivity contribution in [3.05, 3.63) is 77.2 Å². The SMILES string of the molecule is OCc1nc2ccccc2n1-c1nc2c(c(NCc3ccccc3)n1)CCCC2. The standard InChI is InChI=1S/C23H23N5O/c29-15-21-25-19-12-6-7-13-20(19)28(21)23-26-18-11-5-4-10-17(18)22(27-23)24-14-16-8-2-1-3-9-16/h1-3,6-9,12-13,29H,4-5,10-11,14-15H2,(H,24,26,27). The minimum absolute atomic E-state index is 0.165. The number of anilines is 1. The predicted octanol–water partition coefficient (Wildman–Crippen LogP) is 3.80. The van der Waals surface area contributed by atoms with Crippen LogP contribution in [-0.4, -0.2) is 24.6 Å². The van der Waals surface area contributed by atoms with Crippen LogP contribution in [0.5, 0.6) is 0 Å². The molecule has 6 heteroatoms. The average molecular weight is 385 g/mol. The van der Waals surface area contributed by atoms with E-state index in [-0.39, 0.29) is 6.61 Å². The van der Waals surface area contributed by atoms with E-state index in [1.165, 1.54) is 11.1 Å². The van der Waals surface area contributed by atoms with Crippen molar-refractivity contribution in [3.63, 3.8) is 0 Å². The van der Waals surface area contributed by atoms with E-state index in [1.54, 1.807) is 0 Å². The van der Waals surface area contributed by atoms with Gasteiger partial charge in [0.1, 0.15) is 18.2 Å². The number of benzene rings is 2. The Morgan fingerprint density at radius 3 is 2.55 bits per heavy atom. The number of nitrogens with one attached hydrogen (secondary N) is 1. The molecule has 0 amide bonds. The van der Waals surface area contributed by atoms with Crippen molar-refractivity contribution in [3.8, 4) is 5.95 Å². The van der Waals surface area contributed by atoms with Gasteiger partial charge in [-0.1, -0.05) is 42.5 Å². The lowest BCUT2D eigenvalue weighted by molar-refractivity contribution is 0.269. The summed E-state index contributed by atoms with van der Waals surface area (Å²) in [7, 11) is 0. The fourth-order valence-corrected chi connectivity index (χ4v) is 4.01. The van der Waals surface area contributed by atoms with Crippen molar-refractivity contribution in [2.24, 2.45) is 0 Å². The van der Waals surface area contributed by atoms with Crippen LogP contribution in [0.2, 0.25) is 0 Å². The summed E-state index contributed by atoms with van der Waals surface area (Å²) in [5.74, 6) is 2.00. The fraction of sp³-hybridized carbons (Fsp3) is 0.261. The number of para-hydroxylation sites is 2. The molecule has 0 saturated carbocycles. The van der Waals surface area contributed by atoms with Gasteiger partial charge < -0.3 is 10.4 Å². The van der Waals surface area contributed by atoms with Gasteiger partial charge in [-0.2, -0.15) is 4.98 Å². The van der Waals surface area contributed by atoms with Crippen LogP contribution in [0.1, 0.15) is 35.5 Å². The Morgan fingerprint density at radius 1 is 0.897 bits per heavy atom. The molecule has 6 nitrogen and oxygen atoms in total. The molecular formula is C23H23N5O. The molecule has 1 aliphatic rings. The number of imidazole rings is 1. The molecule has 0 aliphatic heterocycles. The van der Waals surface area contributed by atoms with E-state index in [2.05, 4.69) is 22.4 Å². The number of aryl methyl sites for hydroxylation is 1. The molecule has 2 aromatic heterocycles. The van der Waals surface area contributed by atoms with Crippen LogP contribution in [-0.2, 0) is 26.0 Å². The highest BCUT2D eigenvalue weighted by molar-refractivity contribution is 5.77. The highest BCUT2D eigenvalue weighted by Crippen LogP contribution is 2.28. The van der Waals surface area contributed by atoms with Crippen LogP contribution in [0.25, 0.3) is 17.0 Å². The summed E-state index contributed by atoms with van der Waals surface area (Å²) in [4.78, 5) is 14.3. The molecule has 2 aromatic carbocycles. The molecule has 0 saturated heterocycles. The number of hydrogen-bond acceptors (Lipinski definition) is 5. The highest BCUT2D eigenvalue weighted by atomic mass is 16.3. The molecule has 146 valence electrons. The summed E-state index contributed by atoms with van der Waals surface area (Å²) in [5.41, 5.74) is 5.25. The number of aromatic nitrogens is 4. The molecule has 4 aromatic rings. The maximum absolute atomic E-state index is 9.89. The average Bonchev–Trinajstić information content (AvgIpc) is 3.16. The quantitative estimate of drug-likeness (QED) is 0.547. The monoisotopic (exact) mass is 385 g/mol. The number of nitrogens with zero attached hydrogens (tertiary/aromatic N) is 4. The van der Waals surface area contributed by atoms with Gasteiger partial charge in [-0.25, -0.2) is 9.97 Å². The first-order valence-electron chi connectivity index (χ1n) is 10.1. The maximum Gasteiger partial charge on any atom is 0.237 e. The molecule has 0 spiro atoms. The molecule has 0 fully saturated rings. The van der Waals surface area contributed by atoms with E-state index >= 15 is 0 Å². The van der Waals surface area contributed by atoms with Crippen LogP contribution in [0.4, 0.5) is 5.82 Å². The minimum atomic E-state index is -0.165. The number of fused-ring (bicyclic) bond motifs is 2. The van der Waals surface area contributed by atoms with E-state index in [4.69, 9.17) is 9.97 Å². The molecule has 1 aliphatic carbocycles. The van der Waals surface area contributed by atoms with Gasteiger partial charge in [0.25, 0.3) is 0 Å². The van der Waals surface area contributed by atoms with E-state index in [9.17, 15) is 5.11 Å². The first-order valence-corrected chi connectivity index (χ1v) is 10.1. The Labute approximate surface area is 169 Å². The minimum Gasteiger partial charge on any atom is -0.388 e. The molecule has 2 heterocycles. The van der Waals surface area contributed by atoms with E-state index < -0.39 is 0 Å². The van der Waals surface area contributed by atoms with Crippen molar-refractivity contribution in [1.29, 1.82) is 0 Å². The smallest absolute Gasteiger partial charge is 0.237 e. The van der Waals surface area contributed by atoms with Crippen LogP contribution < -0.4 is 5.32 Å². The largest absolute Gasteiger partial charge is 0.388 e. The maximum atomic E-state index is 9.89. The first-order chi connectivity index (χ1) is 14.3. The number of aliphatic hydroxyl groups excluding tert-OH is 1. The van der Waals surface area contributed by atoms with E-state index in [0.717, 1.165) is 48.2 Å². The Kier molecular flexibility index (Phi) is 4.69. The van der Waals surface area contributed by atoms with Gasteiger partial charge in [-0.05, 0) is 43.4 Å². The lowest BCUT2D eigenvalue weighted by atomic mass is 9.96. The third-order valence-electron chi connectivity index (χ3n) is 5.45. The first kappa shape index (κ1) is 17.8. The zero-order valence-electron chi connectivity index (χ0n) is 16.2. The highest BCUT2D eigenvalue weighted by Gasteiger charge is 2.21. The number of aliphatic hydroxyl groups is 1. The zero-order chi connectivity index (χ0) is 19.6. The topological polar surface area (TPSA) is 75.9 Å². The van der Waals surface area contributed by atoms with Gasteiger partial charge in [0.2, 0.25) is 5.95 Å². The van der Waals surface area contributed by atoms with E-state index in [0.29, 0.717) is 18.3 Å². The Bertz CT molecular complexity index is 1150. The predicted molar refractivity (Wildman–Crippen MR) is 113 cm³/mol. The molecule has 29 heavy (non-hydrogen) atoms. The zero-order valence-corrected chi connectivity index (χ0v) is 16.2. The third kappa shape index (κ3) is 3.36. The van der Waals surface area contributed by atoms with Crippen LogP contribution in [0.3, 0.4) is 0 Å². The molecule has 0 radical (unpaired) electrons. The van der Waals surface area contributed by atoms with Crippen LogP contribution >= 0.6 is 0 Å². The molecular weight excluding hydrogens is 362 g/mol. The summed E-state index contributed by atoms with van der Waals surface area (Å²) in [6.07, 6.45) is 4.24. The lowest BCUT2D eigenvalue weighted by Gasteiger charge is -2.20. The van der Waals surface area contributed by atoms with Crippen molar-refractivity contribution in [1.82, 2.24) is 19.5 Å². The second-order valence-corrected chi connectivity index (χ2v) is 7.35. The van der Waals surface area contributed by atoms with E-state index in [1.807, 2.05) is 47.0 Å². The van der Waals surface area contributed by atoms with Crippen molar-refractivity contribution >= 4 is 16.9 Å². The van der Waals surface area contributed by atoms with Crippen LogP contribution in [0.15, 0.2) is 54.6 Å². The summed E-state index contributed by atoms with van der Waals surface area (Å²) in [6, 6.07) is 18.2. The van der Waals surface area contributed by atoms with Gasteiger partial charge >= 0.3 is 0 Å². The molecule has 0 unspecified atom stereocenters. The molecule has 2 N–H and O–H groups in total. The van der Waals surface area contributed by atoms with Gasteiger partial charge in [0.15, 0.2) is 0 Å². The number of rotatable bonds is 5. The Morgan fingerprint density at radius 2 is 1.69 bits per heavy atom. The normalized spacial score (nSPS) is 13.4.